The molecule has 0 unspecified atom stereocenters. The highest BCUT2D eigenvalue weighted by molar-refractivity contribution is 9.10. The summed E-state index contributed by atoms with van der Waals surface area (Å²) in [6.07, 6.45) is 0. The normalized spacial score (nSPS) is 44.7. The van der Waals surface area contributed by atoms with Crippen molar-refractivity contribution in [3.05, 3.63) is 22.7 Å². The van der Waals surface area contributed by atoms with Crippen molar-refractivity contribution in [2.75, 3.05) is 44.9 Å². The number of ether oxygens (including phenoxy) is 1. The van der Waals surface area contributed by atoms with Gasteiger partial charge >= 0.3 is 0 Å². The van der Waals surface area contributed by atoms with Crippen molar-refractivity contribution >= 4 is 21.6 Å². The van der Waals surface area contributed by atoms with Gasteiger partial charge in [-0.05, 0) is 41.1 Å². The van der Waals surface area contributed by atoms with Crippen LogP contribution in [0.2, 0.25) is 0 Å². The molecule has 1 aliphatic heterocycles. The van der Waals surface area contributed by atoms with Gasteiger partial charge in [0.1, 0.15) is 5.75 Å². The highest BCUT2D eigenvalue weighted by Gasteiger charge is 2.14. The molecule has 0 atom stereocenters. The lowest BCUT2D eigenvalue weighted by atomic mass is 10.2. The smallest absolute Gasteiger partial charge is 0.133 e. The van der Waals surface area contributed by atoms with Crippen LogP contribution in [0.3, 0.4) is 0 Å². The van der Waals surface area contributed by atoms with Gasteiger partial charge < -0.3 is 14.5 Å². The van der Waals surface area contributed by atoms with Gasteiger partial charge in [-0.2, -0.15) is 0 Å². The Labute approximate surface area is 125 Å². The van der Waals surface area contributed by atoms with Crippen LogP contribution in [0.4, 0.5) is 5.69 Å². The fourth-order valence-corrected chi connectivity index (χ4v) is 1.54. The van der Waals surface area contributed by atoms with Crippen molar-refractivity contribution in [3.8, 4) is 5.75 Å². The molecule has 0 radical (unpaired) electrons. The molecule has 1 saturated heterocycles. The second-order valence-electron chi connectivity index (χ2n) is 2.83. The minimum Gasteiger partial charge on any atom is -0.496 e. The molecule has 0 saturated carbocycles. The molecule has 1 aromatic rings. The van der Waals surface area contributed by atoms with Crippen LogP contribution < -0.4 is 9.64 Å². The van der Waals surface area contributed by atoms with E-state index >= 15 is 0 Å². The summed E-state index contributed by atoms with van der Waals surface area (Å²) in [6, 6.07) is 3.09. The summed E-state index contributed by atoms with van der Waals surface area (Å²) in [6.45, 7) is -17.3. The maximum Gasteiger partial charge on any atom is 0.133 e. The highest BCUT2D eigenvalue weighted by atomic mass is 79.9. The maximum absolute atomic E-state index is 8.22. The Morgan fingerprint density at radius 2 is 2.19 bits per heavy atom. The third kappa shape index (κ3) is 2.50. The zero-order chi connectivity index (χ0) is 23.7. The number of methoxy groups -OCH3 is 1. The largest absolute Gasteiger partial charge is 0.496 e. The van der Waals surface area contributed by atoms with Crippen LogP contribution in [0, 0.1) is 0 Å². The summed E-state index contributed by atoms with van der Waals surface area (Å²) in [5.41, 5.74) is -0.382. The molecule has 0 bridgehead atoms. The van der Waals surface area contributed by atoms with Crippen LogP contribution in [0.25, 0.3) is 0 Å². The molecule has 1 fully saturated rings. The SMILES string of the molecule is [2H]C([2H])([2H])Oc1ccc(N2C([2H])([2H])C([2H])([2H])N(C([2H])([2H])[2H])C([2H])([2H])C2([2H])[2H])cc1Br. The van der Waals surface area contributed by atoms with Gasteiger partial charge in [-0.25, -0.2) is 0 Å². The maximum atomic E-state index is 8.22. The molecule has 88 valence electrons. The van der Waals surface area contributed by atoms with Crippen LogP contribution in [0.5, 0.6) is 5.75 Å². The first-order chi connectivity index (χ1) is 13.1. The summed E-state index contributed by atoms with van der Waals surface area (Å²) in [5, 5.41) is 0. The second-order valence-corrected chi connectivity index (χ2v) is 3.69. The van der Waals surface area contributed by atoms with Gasteiger partial charge in [-0.1, -0.05) is 0 Å². The van der Waals surface area contributed by atoms with E-state index in [-0.39, 0.29) is 20.8 Å². The Morgan fingerprint density at radius 1 is 1.38 bits per heavy atom. The molecule has 0 spiro atoms. The number of hydrogen-bond donors (Lipinski definition) is 0. The lowest BCUT2D eigenvalue weighted by Crippen LogP contribution is -2.44. The Morgan fingerprint density at radius 3 is 2.81 bits per heavy atom. The summed E-state index contributed by atoms with van der Waals surface area (Å²) in [7, 11) is -2.81. The molecule has 16 heavy (non-hydrogen) atoms. The van der Waals surface area contributed by atoms with Crippen LogP contribution in [0.15, 0.2) is 22.7 Å². The first-order valence-electron chi connectivity index (χ1n) is 11.2. The molecule has 0 N–H and O–H groups in total. The molecule has 0 aliphatic carbocycles. The number of halogens is 1. The highest BCUT2D eigenvalue weighted by Crippen LogP contribution is 2.29. The summed E-state index contributed by atoms with van der Waals surface area (Å²) >= 11 is 3.01. The average molecular weight is 299 g/mol. The number of benzene rings is 1. The molecule has 4 heteroatoms. The molecule has 0 amide bonds. The lowest BCUT2D eigenvalue weighted by molar-refractivity contribution is 0.313. The second kappa shape index (κ2) is 5.06. The third-order valence-electron chi connectivity index (χ3n) is 1.83. The van der Waals surface area contributed by atoms with Crippen molar-refractivity contribution in [2.45, 2.75) is 0 Å². The minimum atomic E-state index is -3.51. The monoisotopic (exact) mass is 298 g/mol. The predicted octanol–water partition coefficient (Wildman–Crippen LogP) is 2.21. The number of rotatable bonds is 2. The van der Waals surface area contributed by atoms with Gasteiger partial charge in [0, 0.05) is 41.3 Å². The van der Waals surface area contributed by atoms with Crippen molar-refractivity contribution in [3.63, 3.8) is 0 Å². The van der Waals surface area contributed by atoms with Crippen molar-refractivity contribution in [2.24, 2.45) is 0 Å². The molecule has 1 aromatic carbocycles. The van der Waals surface area contributed by atoms with E-state index < -0.39 is 44.9 Å². The summed E-state index contributed by atoms with van der Waals surface area (Å²) < 4.78 is 114. The van der Waals surface area contributed by atoms with Crippen molar-refractivity contribution in [1.29, 1.82) is 0 Å². The fraction of sp³-hybridized carbons (Fsp3) is 0.500. The molecular formula is C12H17BrN2O. The van der Waals surface area contributed by atoms with E-state index in [1.165, 1.54) is 0 Å². The zero-order valence-corrected chi connectivity index (χ0v) is 9.50. The molecule has 3 nitrogen and oxygen atoms in total. The lowest BCUT2D eigenvalue weighted by Gasteiger charge is -2.34. The standard InChI is InChI=1S/C12H17BrN2O/c1-14-5-7-15(8-6-14)10-3-4-12(16-2)11(13)9-10/h3-4,9H,5-8H2,1-2H3/i1D3,2D3,5D2,6D2,7D2,8D2. The van der Waals surface area contributed by atoms with Crippen molar-refractivity contribution in [1.82, 2.24) is 4.90 Å². The number of hydrogen-bond acceptors (Lipinski definition) is 3. The van der Waals surface area contributed by atoms with Crippen LogP contribution in [-0.4, -0.2) is 44.9 Å². The molecule has 1 aliphatic rings. The van der Waals surface area contributed by atoms with Gasteiger partial charge in [-0.15, -0.1) is 0 Å². The Kier molecular flexibility index (Phi) is 1.07. The van der Waals surface area contributed by atoms with Gasteiger partial charge in [0.05, 0.1) is 21.1 Å². The summed E-state index contributed by atoms with van der Waals surface area (Å²) in [4.78, 5) is -0.267. The molecule has 0 aromatic heterocycles. The van der Waals surface area contributed by atoms with E-state index in [9.17, 15) is 0 Å². The van der Waals surface area contributed by atoms with E-state index in [0.717, 1.165) is 18.2 Å². The molecule has 2 rings (SSSR count). The van der Waals surface area contributed by atoms with E-state index in [1.54, 1.807) is 0 Å². The van der Waals surface area contributed by atoms with E-state index in [4.69, 9.17) is 23.9 Å². The average Bonchev–Trinajstić information content (AvgIpc) is 2.44. The quantitative estimate of drug-likeness (QED) is 0.833. The molecule has 1 heterocycles. The zero-order valence-electron chi connectivity index (χ0n) is 21.9. The number of piperazine rings is 1. The first-order valence-corrected chi connectivity index (χ1v) is 4.97. The van der Waals surface area contributed by atoms with Crippen LogP contribution in [0.1, 0.15) is 19.2 Å². The summed E-state index contributed by atoms with van der Waals surface area (Å²) in [5.74, 6) is -0.202. The van der Waals surface area contributed by atoms with Crippen LogP contribution in [-0.2, 0) is 0 Å². The first kappa shape index (κ1) is 3.39. The van der Waals surface area contributed by atoms with Gasteiger partial charge in [-0.3, -0.25) is 0 Å². The van der Waals surface area contributed by atoms with E-state index in [1.807, 2.05) is 0 Å². The van der Waals surface area contributed by atoms with Crippen LogP contribution >= 0.6 is 15.9 Å². The Bertz CT molecular complexity index is 792. The number of nitrogens with zero attached hydrogens (tertiary/aromatic N) is 2. The van der Waals surface area contributed by atoms with E-state index in [2.05, 4.69) is 15.9 Å². The van der Waals surface area contributed by atoms with Gasteiger partial charge in [0.25, 0.3) is 0 Å². The Hall–Kier alpha value is -0.740. The van der Waals surface area contributed by atoms with Crippen molar-refractivity contribution < 1.29 is 23.9 Å². The topological polar surface area (TPSA) is 15.7 Å². The number of likely N-dealkylation sites (N-methyl/N-ethyl adjacent to an activating group) is 1. The Balaban J connectivity index is 2.70. The minimum absolute atomic E-state index is 0.0536. The van der Waals surface area contributed by atoms with E-state index in [0.29, 0.717) is 0 Å². The van der Waals surface area contributed by atoms with Gasteiger partial charge in [0.15, 0.2) is 0 Å². The number of anilines is 1. The molecular weight excluding hydrogens is 268 g/mol. The third-order valence-corrected chi connectivity index (χ3v) is 2.45. The fourth-order valence-electron chi connectivity index (χ4n) is 1.10. The predicted molar refractivity (Wildman–Crippen MR) is 70.4 cm³/mol. The van der Waals surface area contributed by atoms with Gasteiger partial charge in [0.2, 0.25) is 0 Å².